The molecule has 0 bridgehead atoms. The van der Waals surface area contributed by atoms with Crippen LogP contribution in [-0.2, 0) is 16.2 Å². The Morgan fingerprint density at radius 3 is 1.82 bits per heavy atom. The van der Waals surface area contributed by atoms with Crippen molar-refractivity contribution in [2.75, 3.05) is 7.05 Å². The summed E-state index contributed by atoms with van der Waals surface area (Å²) in [7, 11) is 2.00. The number of hydrogen-bond donors (Lipinski definition) is 0. The van der Waals surface area contributed by atoms with Crippen LogP contribution in [-0.4, -0.2) is 23.5 Å². The van der Waals surface area contributed by atoms with Crippen LogP contribution in [0.4, 0.5) is 0 Å². The standard InChI is InChI=1S/C31H32Cl3NO3/c1-30(2)12-22-27(24(36)14-30)26(28-23(35(22)5)13-31(3,4)15-25(28)37)18-10-20(33)29(21(34)11-18)38-16-17-8-6-7-9-19(17)32/h6-11,26H,12-16H2,1-5H3. The summed E-state index contributed by atoms with van der Waals surface area (Å²) in [4.78, 5) is 29.5. The highest BCUT2D eigenvalue weighted by molar-refractivity contribution is 6.37. The summed E-state index contributed by atoms with van der Waals surface area (Å²) in [5.74, 6) is -0.0105. The van der Waals surface area contributed by atoms with Gasteiger partial charge >= 0.3 is 0 Å². The fraction of sp³-hybridized carbons (Fsp3) is 0.419. The summed E-state index contributed by atoms with van der Waals surface area (Å²) in [5, 5.41) is 1.25. The van der Waals surface area contributed by atoms with Crippen LogP contribution in [0, 0.1) is 10.8 Å². The van der Waals surface area contributed by atoms with Gasteiger partial charge in [0.15, 0.2) is 17.3 Å². The van der Waals surface area contributed by atoms with Crippen LogP contribution >= 0.6 is 34.8 Å². The van der Waals surface area contributed by atoms with Crippen molar-refractivity contribution in [1.82, 2.24) is 4.90 Å². The van der Waals surface area contributed by atoms with Crippen LogP contribution in [0.25, 0.3) is 0 Å². The molecular weight excluding hydrogens is 541 g/mol. The van der Waals surface area contributed by atoms with E-state index in [2.05, 4.69) is 32.6 Å². The molecule has 0 saturated carbocycles. The Bertz CT molecular complexity index is 1340. The first kappa shape index (κ1) is 27.3. The second kappa shape index (κ2) is 9.73. The molecule has 38 heavy (non-hydrogen) atoms. The van der Waals surface area contributed by atoms with Crippen LogP contribution in [0.1, 0.15) is 70.4 Å². The van der Waals surface area contributed by atoms with Crippen LogP contribution in [0.5, 0.6) is 5.75 Å². The number of benzene rings is 2. The molecule has 0 N–H and O–H groups in total. The van der Waals surface area contributed by atoms with Gasteiger partial charge in [-0.3, -0.25) is 9.59 Å². The summed E-state index contributed by atoms with van der Waals surface area (Å²) >= 11 is 19.8. The molecule has 0 fully saturated rings. The van der Waals surface area contributed by atoms with Crippen LogP contribution < -0.4 is 4.74 Å². The van der Waals surface area contributed by atoms with Gasteiger partial charge in [0.1, 0.15) is 6.61 Å². The highest BCUT2D eigenvalue weighted by atomic mass is 35.5. The quantitative estimate of drug-likeness (QED) is 0.368. The first-order valence-corrected chi connectivity index (χ1v) is 14.0. The van der Waals surface area contributed by atoms with Crippen molar-refractivity contribution in [2.45, 2.75) is 65.9 Å². The molecule has 0 unspecified atom stereocenters. The van der Waals surface area contributed by atoms with Crippen LogP contribution in [0.15, 0.2) is 58.9 Å². The molecule has 1 aliphatic heterocycles. The molecule has 0 radical (unpaired) electrons. The molecule has 0 amide bonds. The number of allylic oxidation sites excluding steroid dienone is 4. The van der Waals surface area contributed by atoms with E-state index in [9.17, 15) is 9.59 Å². The number of hydrogen-bond acceptors (Lipinski definition) is 4. The third-order valence-corrected chi connectivity index (χ3v) is 8.79. The molecule has 0 aromatic heterocycles. The SMILES string of the molecule is CN1C2=C(C(=O)CC(C)(C)C2)C(c2cc(Cl)c(OCc3ccccc3Cl)c(Cl)c2)C2=C1CC(C)(C)CC2=O. The molecule has 2 aromatic carbocycles. The number of ketones is 2. The minimum atomic E-state index is -0.504. The van der Waals surface area contributed by atoms with Crippen molar-refractivity contribution in [2.24, 2.45) is 10.8 Å². The number of nitrogens with zero attached hydrogens (tertiary/aromatic N) is 1. The highest BCUT2D eigenvalue weighted by Crippen LogP contribution is 2.54. The highest BCUT2D eigenvalue weighted by Gasteiger charge is 2.48. The Morgan fingerprint density at radius 1 is 0.816 bits per heavy atom. The summed E-state index contributed by atoms with van der Waals surface area (Å²) in [5.41, 5.74) is 4.60. The van der Waals surface area contributed by atoms with Gasteiger partial charge in [0.2, 0.25) is 0 Å². The maximum atomic E-state index is 13.7. The van der Waals surface area contributed by atoms with E-state index in [-0.39, 0.29) is 29.0 Å². The lowest BCUT2D eigenvalue weighted by Gasteiger charge is -2.48. The van der Waals surface area contributed by atoms with E-state index >= 15 is 0 Å². The van der Waals surface area contributed by atoms with Gasteiger partial charge in [-0.1, -0.05) is 80.7 Å². The number of rotatable bonds is 4. The molecule has 3 aliphatic rings. The van der Waals surface area contributed by atoms with Gasteiger partial charge in [-0.15, -0.1) is 0 Å². The minimum absolute atomic E-state index is 0.0728. The maximum Gasteiger partial charge on any atom is 0.162 e. The molecule has 1 heterocycles. The van der Waals surface area contributed by atoms with Crippen LogP contribution in [0.3, 0.4) is 0 Å². The van der Waals surface area contributed by atoms with E-state index in [4.69, 9.17) is 39.5 Å². The molecule has 0 atom stereocenters. The van der Waals surface area contributed by atoms with Gasteiger partial charge < -0.3 is 9.64 Å². The topological polar surface area (TPSA) is 46.6 Å². The summed E-state index contributed by atoms with van der Waals surface area (Å²) in [6.07, 6.45) is 2.37. The first-order valence-electron chi connectivity index (χ1n) is 12.9. The fourth-order valence-electron chi connectivity index (χ4n) is 6.15. The predicted octanol–water partition coefficient (Wildman–Crippen LogP) is 8.54. The number of carbonyl (C=O) groups is 2. The zero-order valence-electron chi connectivity index (χ0n) is 22.4. The summed E-state index contributed by atoms with van der Waals surface area (Å²) < 4.78 is 5.99. The Morgan fingerprint density at radius 2 is 1.32 bits per heavy atom. The van der Waals surface area contributed by atoms with E-state index in [1.54, 1.807) is 18.2 Å². The molecule has 4 nitrogen and oxygen atoms in total. The zero-order chi connectivity index (χ0) is 27.6. The van der Waals surface area contributed by atoms with Crippen molar-refractivity contribution in [1.29, 1.82) is 0 Å². The number of halogens is 3. The normalized spacial score (nSPS) is 21.0. The van der Waals surface area contributed by atoms with Crippen molar-refractivity contribution in [3.63, 3.8) is 0 Å². The molecule has 2 aliphatic carbocycles. The lowest BCUT2D eigenvalue weighted by Crippen LogP contribution is -2.43. The smallest absolute Gasteiger partial charge is 0.162 e. The third-order valence-electron chi connectivity index (χ3n) is 7.86. The third kappa shape index (κ3) is 4.92. The summed E-state index contributed by atoms with van der Waals surface area (Å²) in [6.45, 7) is 8.69. The van der Waals surface area contributed by atoms with Crippen molar-refractivity contribution < 1.29 is 14.3 Å². The van der Waals surface area contributed by atoms with E-state index in [0.717, 1.165) is 35.4 Å². The van der Waals surface area contributed by atoms with Gasteiger partial charge in [-0.25, -0.2) is 0 Å². The monoisotopic (exact) mass is 571 g/mol. The second-order valence-corrected chi connectivity index (χ2v) is 13.5. The zero-order valence-corrected chi connectivity index (χ0v) is 24.7. The number of carbonyl (C=O) groups excluding carboxylic acids is 2. The van der Waals surface area contributed by atoms with E-state index in [0.29, 0.717) is 44.8 Å². The van der Waals surface area contributed by atoms with Gasteiger partial charge in [0.05, 0.1) is 10.0 Å². The Kier molecular flexibility index (Phi) is 6.99. The van der Waals surface area contributed by atoms with Crippen molar-refractivity contribution >= 4 is 46.4 Å². The number of ether oxygens (including phenoxy) is 1. The maximum absolute atomic E-state index is 13.7. The van der Waals surface area contributed by atoms with Crippen LogP contribution in [0.2, 0.25) is 15.1 Å². The largest absolute Gasteiger partial charge is 0.486 e. The molecule has 2 aromatic rings. The average molecular weight is 573 g/mol. The Labute approximate surface area is 239 Å². The molecule has 7 heteroatoms. The summed E-state index contributed by atoms with van der Waals surface area (Å²) in [6, 6.07) is 11.0. The lowest BCUT2D eigenvalue weighted by atomic mass is 9.64. The number of Topliss-reactive ketones (excluding diaryl/α,β-unsaturated/α-hetero) is 2. The van der Waals surface area contributed by atoms with Crippen molar-refractivity contribution in [3.05, 3.63) is 85.1 Å². The van der Waals surface area contributed by atoms with Gasteiger partial charge in [-0.2, -0.15) is 0 Å². The molecule has 0 spiro atoms. The molecular formula is C31H32Cl3NO3. The molecule has 200 valence electrons. The first-order chi connectivity index (χ1) is 17.8. The van der Waals surface area contributed by atoms with Gasteiger partial charge in [-0.05, 0) is 47.4 Å². The Balaban J connectivity index is 1.61. The average Bonchev–Trinajstić information content (AvgIpc) is 2.79. The van der Waals surface area contributed by atoms with E-state index in [1.807, 2.05) is 25.2 Å². The van der Waals surface area contributed by atoms with Gasteiger partial charge in [0, 0.05) is 58.9 Å². The minimum Gasteiger partial charge on any atom is -0.486 e. The lowest BCUT2D eigenvalue weighted by molar-refractivity contribution is -0.119. The molecule has 5 rings (SSSR count). The second-order valence-electron chi connectivity index (χ2n) is 12.3. The van der Waals surface area contributed by atoms with Crippen molar-refractivity contribution in [3.8, 4) is 5.75 Å². The van der Waals surface area contributed by atoms with E-state index < -0.39 is 5.92 Å². The fourth-order valence-corrected chi connectivity index (χ4v) is 6.95. The van der Waals surface area contributed by atoms with E-state index in [1.165, 1.54) is 0 Å². The molecule has 0 saturated heterocycles. The van der Waals surface area contributed by atoms with Gasteiger partial charge in [0.25, 0.3) is 0 Å². The predicted molar refractivity (Wildman–Crippen MR) is 153 cm³/mol. The Hall–Kier alpha value is -2.27.